The fourth-order valence-corrected chi connectivity index (χ4v) is 5.66. The third kappa shape index (κ3) is 5.07. The number of anilines is 1. The molecule has 1 aromatic carbocycles. The summed E-state index contributed by atoms with van der Waals surface area (Å²) in [4.78, 5) is 19.6. The largest absolute Gasteiger partial charge is 0.492 e. The molecule has 3 N–H and O–H groups in total. The minimum Gasteiger partial charge on any atom is -0.492 e. The van der Waals surface area contributed by atoms with Crippen molar-refractivity contribution in [1.29, 1.82) is 0 Å². The maximum atomic E-state index is 14.3. The molecule has 3 atom stereocenters. The molecule has 0 aliphatic carbocycles. The lowest BCUT2D eigenvalue weighted by Gasteiger charge is -2.26. The van der Waals surface area contributed by atoms with Crippen molar-refractivity contribution in [3.05, 3.63) is 71.4 Å². The van der Waals surface area contributed by atoms with Gasteiger partial charge in [-0.2, -0.15) is 5.10 Å². The maximum absolute atomic E-state index is 14.3. The lowest BCUT2D eigenvalue weighted by molar-refractivity contribution is 0.0832. The monoisotopic (exact) mass is 577 g/mol. The van der Waals surface area contributed by atoms with Crippen LogP contribution < -0.4 is 15.0 Å². The fourth-order valence-electron chi connectivity index (χ4n) is 5.41. The summed E-state index contributed by atoms with van der Waals surface area (Å²) in [6.45, 7) is 5.19. The van der Waals surface area contributed by atoms with Crippen LogP contribution in [-0.2, 0) is 0 Å². The Morgan fingerprint density at radius 1 is 1.29 bits per heavy atom. The molecule has 1 saturated heterocycles. The number of aliphatic hydroxyl groups excluding tert-OH is 1. The van der Waals surface area contributed by atoms with E-state index in [9.17, 15) is 14.3 Å². The van der Waals surface area contributed by atoms with Gasteiger partial charge in [0.2, 0.25) is 0 Å². The summed E-state index contributed by atoms with van der Waals surface area (Å²) < 4.78 is 21.9. The number of aromatic amines is 1. The predicted octanol–water partition coefficient (Wildman–Crippen LogP) is 4.47. The van der Waals surface area contributed by atoms with Crippen LogP contribution in [0, 0.1) is 11.7 Å². The number of carbonyl (C=O) groups is 1. The van der Waals surface area contributed by atoms with Crippen LogP contribution in [0.5, 0.6) is 5.75 Å². The quantitative estimate of drug-likeness (QED) is 0.272. The molecule has 0 saturated carbocycles. The van der Waals surface area contributed by atoms with Crippen molar-refractivity contribution in [2.45, 2.75) is 32.4 Å². The van der Waals surface area contributed by atoms with E-state index in [1.54, 1.807) is 16.9 Å². The first-order valence-electron chi connectivity index (χ1n) is 13.5. The number of rotatable bonds is 6. The van der Waals surface area contributed by atoms with Gasteiger partial charge in [0.05, 0.1) is 46.6 Å². The number of benzene rings is 1. The molecule has 4 aromatic heterocycles. The number of nitrogens with one attached hydrogen (secondary N) is 2. The highest BCUT2D eigenvalue weighted by Gasteiger charge is 2.32. The number of β-amino-alcohol motifs (C(OH)–C–C–N with tert-alkyl or cyclic N) is 1. The van der Waals surface area contributed by atoms with E-state index in [4.69, 9.17) is 21.3 Å². The van der Waals surface area contributed by atoms with E-state index in [2.05, 4.69) is 20.6 Å². The van der Waals surface area contributed by atoms with Crippen LogP contribution in [0.3, 0.4) is 0 Å². The topological polar surface area (TPSA) is 121 Å². The second-order valence-corrected chi connectivity index (χ2v) is 10.6. The lowest BCUT2D eigenvalue weighted by Crippen LogP contribution is -2.43. The first-order valence-corrected chi connectivity index (χ1v) is 13.8. The summed E-state index contributed by atoms with van der Waals surface area (Å²) in [7, 11) is 0. The zero-order valence-corrected chi connectivity index (χ0v) is 23.3. The second-order valence-electron chi connectivity index (χ2n) is 10.2. The van der Waals surface area contributed by atoms with Gasteiger partial charge in [0, 0.05) is 42.4 Å². The van der Waals surface area contributed by atoms with E-state index in [1.165, 1.54) is 18.2 Å². The van der Waals surface area contributed by atoms with E-state index in [1.807, 2.05) is 43.1 Å². The summed E-state index contributed by atoms with van der Waals surface area (Å²) in [5, 5.41) is 26.4. The van der Waals surface area contributed by atoms with Crippen LogP contribution in [-0.4, -0.2) is 67.7 Å². The molecule has 6 rings (SSSR count). The smallest absolute Gasteiger partial charge is 0.256 e. The van der Waals surface area contributed by atoms with Gasteiger partial charge in [0.15, 0.2) is 5.65 Å². The maximum Gasteiger partial charge on any atom is 0.256 e. The molecule has 0 bridgehead atoms. The highest BCUT2D eigenvalue weighted by molar-refractivity contribution is 6.33. The summed E-state index contributed by atoms with van der Waals surface area (Å²) >= 11 is 6.09. The van der Waals surface area contributed by atoms with Gasteiger partial charge in [-0.25, -0.2) is 13.9 Å². The minimum absolute atomic E-state index is 0.0451. The zero-order valence-electron chi connectivity index (χ0n) is 22.5. The predicted molar refractivity (Wildman–Crippen MR) is 154 cm³/mol. The van der Waals surface area contributed by atoms with Gasteiger partial charge in [-0.3, -0.25) is 9.89 Å². The van der Waals surface area contributed by atoms with Crippen LogP contribution in [0.4, 0.5) is 10.2 Å². The minimum atomic E-state index is -0.746. The molecular weight excluding hydrogens is 549 g/mol. The molecule has 12 heteroatoms. The van der Waals surface area contributed by atoms with Crippen molar-refractivity contribution < 1.29 is 19.0 Å². The molecule has 0 radical (unpaired) electrons. The van der Waals surface area contributed by atoms with Crippen LogP contribution in [0.2, 0.25) is 5.02 Å². The molecule has 1 amide bonds. The van der Waals surface area contributed by atoms with E-state index in [0.717, 1.165) is 22.0 Å². The van der Waals surface area contributed by atoms with Crippen molar-refractivity contribution >= 4 is 39.9 Å². The Kier molecular flexibility index (Phi) is 7.22. The molecule has 0 spiro atoms. The van der Waals surface area contributed by atoms with Gasteiger partial charge in [0.1, 0.15) is 17.4 Å². The average molecular weight is 578 g/mol. The van der Waals surface area contributed by atoms with Crippen molar-refractivity contribution in [2.75, 3.05) is 24.6 Å². The number of amides is 1. The highest BCUT2D eigenvalue weighted by Crippen LogP contribution is 2.34. The number of aromatic nitrogens is 5. The van der Waals surface area contributed by atoms with E-state index >= 15 is 0 Å². The van der Waals surface area contributed by atoms with E-state index in [-0.39, 0.29) is 22.5 Å². The molecule has 5 aromatic rings. The number of aliphatic hydroxyl groups is 1. The van der Waals surface area contributed by atoms with Crippen molar-refractivity contribution in [3.63, 3.8) is 0 Å². The van der Waals surface area contributed by atoms with Gasteiger partial charge in [0.25, 0.3) is 5.91 Å². The summed E-state index contributed by atoms with van der Waals surface area (Å²) in [6, 6.07) is 9.61. The standard InChI is InChI=1S/C29H29ClFN7O3/c1-3-41-18-11-19(27-20-13-33-35-28(20)36-38(27)14-18)17-7-8-25(32-12-17)37-10-9-23(16(2)24(39)15-37)34-29(40)26-21(30)5-4-6-22(26)31/h4-8,11-14,16,23-24,39H,3,9-10,15H2,1-2H3,(H,34,40)(H,35,36)/t16?,23-,24-/m0/s1. The Hall–Kier alpha value is -4.22. The number of fused-ring (bicyclic) bond motifs is 3. The van der Waals surface area contributed by atoms with Gasteiger partial charge >= 0.3 is 0 Å². The highest BCUT2D eigenvalue weighted by atomic mass is 35.5. The Balaban J connectivity index is 1.24. The van der Waals surface area contributed by atoms with Crippen molar-refractivity contribution in [1.82, 2.24) is 30.1 Å². The Morgan fingerprint density at radius 3 is 2.90 bits per heavy atom. The number of ether oxygens (including phenoxy) is 1. The first-order chi connectivity index (χ1) is 19.8. The molecule has 41 heavy (non-hydrogen) atoms. The first kappa shape index (κ1) is 27.0. The summed E-state index contributed by atoms with van der Waals surface area (Å²) in [6.07, 6.45) is 5.17. The average Bonchev–Trinajstić information content (AvgIpc) is 3.51. The molecular formula is C29H29ClFN7O3. The number of carbonyl (C=O) groups excluding carboxylic acids is 1. The number of hydrogen-bond acceptors (Lipinski definition) is 7. The summed E-state index contributed by atoms with van der Waals surface area (Å²) in [5.74, 6) is -0.172. The number of pyridine rings is 2. The molecule has 1 aliphatic rings. The third-order valence-electron chi connectivity index (χ3n) is 7.66. The van der Waals surface area contributed by atoms with Crippen LogP contribution in [0.15, 0.2) is 55.0 Å². The number of hydrogen-bond donors (Lipinski definition) is 3. The van der Waals surface area contributed by atoms with Crippen LogP contribution in [0.25, 0.3) is 27.7 Å². The van der Waals surface area contributed by atoms with Gasteiger partial charge in [-0.05, 0) is 43.7 Å². The second kappa shape index (κ2) is 11.0. The van der Waals surface area contributed by atoms with Crippen LogP contribution >= 0.6 is 11.6 Å². The Labute approximate surface area is 240 Å². The molecule has 10 nitrogen and oxygen atoms in total. The molecule has 1 aliphatic heterocycles. The third-order valence-corrected chi connectivity index (χ3v) is 7.98. The molecule has 1 unspecified atom stereocenters. The Bertz CT molecular complexity index is 1700. The zero-order chi connectivity index (χ0) is 28.7. The van der Waals surface area contributed by atoms with Gasteiger partial charge in [-0.15, -0.1) is 5.10 Å². The molecule has 212 valence electrons. The Morgan fingerprint density at radius 2 is 2.15 bits per heavy atom. The van der Waals surface area contributed by atoms with E-state index < -0.39 is 17.8 Å². The van der Waals surface area contributed by atoms with Crippen molar-refractivity contribution in [3.8, 4) is 16.9 Å². The summed E-state index contributed by atoms with van der Waals surface area (Å²) in [5.41, 5.74) is 3.15. The van der Waals surface area contributed by atoms with Crippen LogP contribution in [0.1, 0.15) is 30.6 Å². The SMILES string of the molecule is CCOc1cc(-c2ccc(N3CC[C@H](NC(=O)c4c(F)cccc4Cl)C(C)[C@@H](O)C3)nc2)c2c3cn[nH]c3nn2c1. The number of nitrogens with zero attached hydrogens (tertiary/aromatic N) is 5. The fraction of sp³-hybridized carbons (Fsp3) is 0.310. The van der Waals surface area contributed by atoms with Crippen molar-refractivity contribution in [2.24, 2.45) is 5.92 Å². The lowest BCUT2D eigenvalue weighted by atomic mass is 9.94. The van der Waals surface area contributed by atoms with E-state index in [0.29, 0.717) is 43.3 Å². The number of H-pyrrole nitrogens is 1. The van der Waals surface area contributed by atoms with Gasteiger partial charge in [-0.1, -0.05) is 24.6 Å². The van der Waals surface area contributed by atoms with Gasteiger partial charge < -0.3 is 20.1 Å². The molecule has 5 heterocycles. The normalized spacial score (nSPS) is 19.4. The molecule has 1 fully saturated rings. The number of halogens is 2.